The zero-order valence-corrected chi connectivity index (χ0v) is 11.4. The molecule has 0 aromatic carbocycles. The molecule has 0 saturated carbocycles. The Balaban J connectivity index is 2.80. The molecule has 0 spiro atoms. The lowest BCUT2D eigenvalue weighted by Crippen LogP contribution is -2.33. The van der Waals surface area contributed by atoms with Crippen LogP contribution in [0, 0.1) is 6.92 Å². The van der Waals surface area contributed by atoms with Gasteiger partial charge < -0.3 is 4.74 Å². The van der Waals surface area contributed by atoms with E-state index in [0.29, 0.717) is 12.2 Å². The van der Waals surface area contributed by atoms with Crippen molar-refractivity contribution in [2.75, 3.05) is 6.61 Å². The lowest BCUT2D eigenvalue weighted by molar-refractivity contribution is 0.0539. The highest BCUT2D eigenvalue weighted by molar-refractivity contribution is 5.02. The predicted molar refractivity (Wildman–Crippen MR) is 75.3 cm³/mol. The maximum absolute atomic E-state index is 11.7. The van der Waals surface area contributed by atoms with Gasteiger partial charge in [0, 0.05) is 11.8 Å². The lowest BCUT2D eigenvalue weighted by atomic mass is 10.3. The Bertz CT molecular complexity index is 555. The second kappa shape index (κ2) is 7.53. The molecule has 0 aliphatic carbocycles. The molecule has 0 unspecified atom stereocenters. The number of nitrogens with one attached hydrogen (secondary N) is 1. The summed E-state index contributed by atoms with van der Waals surface area (Å²) in [5.74, 6) is 0. The summed E-state index contributed by atoms with van der Waals surface area (Å²) in [5, 5.41) is 0. The SMILES string of the molecule is C=C[C@H](OC/C=C/CCC)n1cc(C)c(=O)[nH]c1=O. The fraction of sp³-hybridized carbons (Fsp3) is 0.429. The molecule has 1 atom stereocenters. The van der Waals surface area contributed by atoms with Gasteiger partial charge in [0.25, 0.3) is 5.56 Å². The summed E-state index contributed by atoms with van der Waals surface area (Å²) in [7, 11) is 0. The number of aromatic nitrogens is 2. The minimum absolute atomic E-state index is 0.382. The van der Waals surface area contributed by atoms with Crippen molar-refractivity contribution in [3.8, 4) is 0 Å². The van der Waals surface area contributed by atoms with E-state index in [-0.39, 0.29) is 5.56 Å². The van der Waals surface area contributed by atoms with Crippen LogP contribution < -0.4 is 11.2 Å². The molecule has 1 rings (SSSR count). The molecule has 0 bridgehead atoms. The monoisotopic (exact) mass is 264 g/mol. The van der Waals surface area contributed by atoms with Gasteiger partial charge in [0.1, 0.15) is 0 Å². The van der Waals surface area contributed by atoms with E-state index >= 15 is 0 Å². The quantitative estimate of drug-likeness (QED) is 0.765. The Morgan fingerprint density at radius 2 is 2.21 bits per heavy atom. The summed E-state index contributed by atoms with van der Waals surface area (Å²) in [6, 6.07) is 0. The van der Waals surface area contributed by atoms with Crippen LogP contribution in [0.15, 0.2) is 40.6 Å². The zero-order chi connectivity index (χ0) is 14.3. The summed E-state index contributed by atoms with van der Waals surface area (Å²) in [4.78, 5) is 25.2. The van der Waals surface area contributed by atoms with Crippen LogP contribution in [0.2, 0.25) is 0 Å². The average molecular weight is 264 g/mol. The molecule has 1 heterocycles. The molecule has 104 valence electrons. The van der Waals surface area contributed by atoms with Crippen LogP contribution in [0.4, 0.5) is 0 Å². The fourth-order valence-electron chi connectivity index (χ4n) is 1.54. The van der Waals surface area contributed by atoms with Crippen LogP contribution in [-0.4, -0.2) is 16.2 Å². The number of aromatic amines is 1. The molecule has 0 aliphatic heterocycles. The minimum Gasteiger partial charge on any atom is -0.350 e. The van der Waals surface area contributed by atoms with Crippen molar-refractivity contribution in [1.82, 2.24) is 9.55 Å². The Kier molecular flexibility index (Phi) is 6.02. The van der Waals surface area contributed by atoms with Gasteiger partial charge in [-0.1, -0.05) is 32.1 Å². The molecule has 5 heteroatoms. The number of rotatable bonds is 7. The summed E-state index contributed by atoms with van der Waals surface area (Å²) in [6.45, 7) is 7.77. The number of ether oxygens (including phenoxy) is 1. The largest absolute Gasteiger partial charge is 0.350 e. The fourth-order valence-corrected chi connectivity index (χ4v) is 1.54. The van der Waals surface area contributed by atoms with Gasteiger partial charge in [0.15, 0.2) is 6.23 Å². The van der Waals surface area contributed by atoms with Crippen LogP contribution in [-0.2, 0) is 4.74 Å². The van der Waals surface area contributed by atoms with Gasteiger partial charge >= 0.3 is 5.69 Å². The van der Waals surface area contributed by atoms with Gasteiger partial charge in [-0.25, -0.2) is 4.79 Å². The van der Waals surface area contributed by atoms with Crippen LogP contribution in [0.3, 0.4) is 0 Å². The van der Waals surface area contributed by atoms with Gasteiger partial charge in [-0.2, -0.15) is 0 Å². The smallest absolute Gasteiger partial charge is 0.330 e. The van der Waals surface area contributed by atoms with E-state index in [1.807, 2.05) is 12.2 Å². The number of allylic oxidation sites excluding steroid dienone is 1. The van der Waals surface area contributed by atoms with E-state index < -0.39 is 11.9 Å². The predicted octanol–water partition coefficient (Wildman–Crippen LogP) is 1.90. The maximum Gasteiger partial charge on any atom is 0.330 e. The Labute approximate surface area is 112 Å². The van der Waals surface area contributed by atoms with Crippen LogP contribution >= 0.6 is 0 Å². The van der Waals surface area contributed by atoms with E-state index in [1.165, 1.54) is 16.8 Å². The van der Waals surface area contributed by atoms with E-state index in [9.17, 15) is 9.59 Å². The Morgan fingerprint density at radius 1 is 1.47 bits per heavy atom. The number of H-pyrrole nitrogens is 1. The molecule has 1 N–H and O–H groups in total. The molecule has 0 amide bonds. The summed E-state index contributed by atoms with van der Waals surface area (Å²) in [6.07, 6.45) is 8.43. The van der Waals surface area contributed by atoms with Crippen LogP contribution in [0.25, 0.3) is 0 Å². The second-order valence-electron chi connectivity index (χ2n) is 4.20. The molecular formula is C14H20N2O3. The topological polar surface area (TPSA) is 64.1 Å². The van der Waals surface area contributed by atoms with E-state index in [4.69, 9.17) is 4.74 Å². The first-order valence-electron chi connectivity index (χ1n) is 6.31. The first kappa shape index (κ1) is 15.2. The van der Waals surface area contributed by atoms with Crippen molar-refractivity contribution in [1.29, 1.82) is 0 Å². The van der Waals surface area contributed by atoms with Gasteiger partial charge in [0.05, 0.1) is 6.61 Å². The van der Waals surface area contributed by atoms with Crippen LogP contribution in [0.5, 0.6) is 0 Å². The van der Waals surface area contributed by atoms with Crippen molar-refractivity contribution in [3.63, 3.8) is 0 Å². The van der Waals surface area contributed by atoms with Crippen molar-refractivity contribution in [2.24, 2.45) is 0 Å². The minimum atomic E-state index is -0.589. The molecule has 1 aromatic heterocycles. The molecular weight excluding hydrogens is 244 g/mol. The van der Waals surface area contributed by atoms with E-state index in [0.717, 1.165) is 12.8 Å². The van der Waals surface area contributed by atoms with Gasteiger partial charge in [0.2, 0.25) is 0 Å². The molecule has 19 heavy (non-hydrogen) atoms. The first-order valence-corrected chi connectivity index (χ1v) is 6.31. The van der Waals surface area contributed by atoms with Gasteiger partial charge in [-0.15, -0.1) is 0 Å². The van der Waals surface area contributed by atoms with Crippen molar-refractivity contribution in [3.05, 3.63) is 57.4 Å². The lowest BCUT2D eigenvalue weighted by Gasteiger charge is -2.15. The summed E-state index contributed by atoms with van der Waals surface area (Å²) in [5.41, 5.74) is -0.429. The summed E-state index contributed by atoms with van der Waals surface area (Å²) >= 11 is 0. The van der Waals surface area contributed by atoms with Crippen molar-refractivity contribution < 1.29 is 4.74 Å². The van der Waals surface area contributed by atoms with Crippen molar-refractivity contribution in [2.45, 2.75) is 32.9 Å². The zero-order valence-electron chi connectivity index (χ0n) is 11.4. The third kappa shape index (κ3) is 4.37. The number of hydrogen-bond donors (Lipinski definition) is 1. The molecule has 0 radical (unpaired) electrons. The van der Waals surface area contributed by atoms with Crippen LogP contribution in [0.1, 0.15) is 31.6 Å². The van der Waals surface area contributed by atoms with Gasteiger partial charge in [-0.05, 0) is 19.4 Å². The molecule has 1 aromatic rings. The second-order valence-corrected chi connectivity index (χ2v) is 4.20. The third-order valence-corrected chi connectivity index (χ3v) is 2.61. The molecule has 0 fully saturated rings. The Hall–Kier alpha value is -1.88. The summed E-state index contributed by atoms with van der Waals surface area (Å²) < 4.78 is 6.85. The first-order chi connectivity index (χ1) is 9.10. The maximum atomic E-state index is 11.7. The van der Waals surface area contributed by atoms with E-state index in [1.54, 1.807) is 6.92 Å². The molecule has 0 aliphatic rings. The average Bonchev–Trinajstić information content (AvgIpc) is 2.39. The number of unbranched alkanes of at least 4 members (excludes halogenated alkanes) is 1. The number of hydrogen-bond acceptors (Lipinski definition) is 3. The molecule has 5 nitrogen and oxygen atoms in total. The number of aryl methyl sites for hydroxylation is 1. The highest BCUT2D eigenvalue weighted by Gasteiger charge is 2.09. The number of nitrogens with zero attached hydrogens (tertiary/aromatic N) is 1. The standard InChI is InChI=1S/C14H20N2O3/c1-4-6-7-8-9-19-12(5-2)16-10-11(3)13(17)15-14(16)18/h5,7-8,10,12H,2,4,6,9H2,1,3H3,(H,15,17,18)/b8-7+/t12-/m0/s1. The molecule has 0 saturated heterocycles. The third-order valence-electron chi connectivity index (χ3n) is 2.61. The normalized spacial score (nSPS) is 12.7. The Morgan fingerprint density at radius 3 is 2.84 bits per heavy atom. The highest BCUT2D eigenvalue weighted by Crippen LogP contribution is 2.06. The van der Waals surface area contributed by atoms with Gasteiger partial charge in [-0.3, -0.25) is 14.3 Å². The highest BCUT2D eigenvalue weighted by atomic mass is 16.5. The van der Waals surface area contributed by atoms with E-state index in [2.05, 4.69) is 18.5 Å². The van der Waals surface area contributed by atoms with Crippen molar-refractivity contribution >= 4 is 0 Å².